The maximum Gasteiger partial charge on any atom is 0.282 e. The molecule has 0 spiro atoms. The predicted octanol–water partition coefficient (Wildman–Crippen LogP) is -2.68. The van der Waals surface area contributed by atoms with E-state index < -0.39 is 66.8 Å². The van der Waals surface area contributed by atoms with Gasteiger partial charge in [-0.1, -0.05) is 12.2 Å². The number of rotatable bonds is 10. The number of fused-ring (bicyclic) bond motifs is 2. The van der Waals surface area contributed by atoms with Gasteiger partial charge in [-0.3, -0.25) is 28.2 Å². The highest BCUT2D eigenvalue weighted by atomic mass is 32.1. The molecule has 26 heteroatoms. The summed E-state index contributed by atoms with van der Waals surface area (Å²) < 4.78 is 66.2. The molecule has 5 heterocycles. The third-order valence-electron chi connectivity index (χ3n) is 5.63. The molecule has 8 unspecified atom stereocenters. The molecule has 0 saturated carbocycles. The van der Waals surface area contributed by atoms with Crippen molar-refractivity contribution in [2.24, 2.45) is 7.05 Å². The van der Waals surface area contributed by atoms with E-state index in [9.17, 15) is 33.2 Å². The summed E-state index contributed by atoms with van der Waals surface area (Å²) in [6, 6.07) is 1.51. The van der Waals surface area contributed by atoms with E-state index in [1.165, 1.54) is 21.6 Å². The summed E-state index contributed by atoms with van der Waals surface area (Å²) in [4.78, 5) is 65.3. The van der Waals surface area contributed by atoms with E-state index in [1.54, 1.807) is 13.2 Å². The lowest BCUT2D eigenvalue weighted by Gasteiger charge is -2.33. The van der Waals surface area contributed by atoms with E-state index in [1.807, 2.05) is 0 Å². The number of imidazole rings is 1. The van der Waals surface area contributed by atoms with Crippen LogP contribution in [0.2, 0.25) is 0 Å². The van der Waals surface area contributed by atoms with Crippen molar-refractivity contribution in [3.8, 4) is 0 Å². The average molecular weight is 672 g/mol. The molecule has 8 atom stereocenters. The van der Waals surface area contributed by atoms with E-state index in [-0.39, 0.29) is 22.1 Å². The molecule has 2 aliphatic rings. The quantitative estimate of drug-likeness (QED) is 0.0832. The second-order valence-corrected chi connectivity index (χ2v) is 13.3. The number of hydrogen-bond acceptors (Lipinski definition) is 17. The number of hydrogen-bond donors (Lipinski definition) is 5. The number of ether oxygens (including phenoxy) is 3. The molecule has 1 amide bonds. The first-order valence-electron chi connectivity index (χ1n) is 11.3. The third-order valence-corrected chi connectivity index (χ3v) is 9.61. The van der Waals surface area contributed by atoms with Crippen LogP contribution < -0.4 is 30.3 Å². The lowest BCUT2D eigenvalue weighted by molar-refractivity contribution is -0.745. The van der Waals surface area contributed by atoms with Crippen molar-refractivity contribution in [1.82, 2.24) is 24.7 Å². The van der Waals surface area contributed by atoms with Gasteiger partial charge in [0.25, 0.3) is 41.0 Å². The van der Waals surface area contributed by atoms with E-state index >= 15 is 0 Å². The number of H-pyrrole nitrogens is 2. The van der Waals surface area contributed by atoms with E-state index in [2.05, 4.69) is 38.5 Å². The molecule has 22 nitrogen and oxygen atoms in total. The van der Waals surface area contributed by atoms with Crippen LogP contribution >= 0.6 is 35.7 Å². The number of amides is 1. The topological polar surface area (TPSA) is 317 Å². The minimum absolute atomic E-state index is 0.0503. The number of anilines is 2. The van der Waals surface area contributed by atoms with Gasteiger partial charge in [-0.15, -0.1) is 0 Å². The Morgan fingerprint density at radius 3 is 2.62 bits per heavy atom. The number of aromatic nitrogens is 6. The smallest absolute Gasteiger partial charge is 0.282 e. The van der Waals surface area contributed by atoms with Crippen molar-refractivity contribution in [3.05, 3.63) is 23.2 Å². The van der Waals surface area contributed by atoms with Crippen LogP contribution in [0.1, 0.15) is 6.23 Å². The molecule has 2 fully saturated rings. The molecule has 0 aliphatic carbocycles. The van der Waals surface area contributed by atoms with Gasteiger partial charge in [-0.25, -0.2) is 18.2 Å². The molecule has 230 valence electrons. The Bertz CT molecular complexity index is 1720. The second-order valence-electron chi connectivity index (χ2n) is 8.62. The van der Waals surface area contributed by atoms with Crippen molar-refractivity contribution in [3.63, 3.8) is 0 Å². The van der Waals surface area contributed by atoms with Gasteiger partial charge < -0.3 is 49.4 Å². The van der Waals surface area contributed by atoms with Crippen molar-refractivity contribution in [2.45, 2.75) is 30.8 Å². The van der Waals surface area contributed by atoms with Gasteiger partial charge in [0.05, 0.1) is 6.61 Å². The number of nitrogens with zero attached hydrogens (tertiary/aromatic N) is 4. The minimum Gasteiger partial charge on any atom is -0.756 e. The monoisotopic (exact) mass is 672 g/mol. The molecular formula is C16H19N8O14P3S-2. The maximum atomic E-state index is 12.8. The van der Waals surface area contributed by atoms with Gasteiger partial charge in [-0.2, -0.15) is 10.1 Å². The van der Waals surface area contributed by atoms with Gasteiger partial charge in [0.15, 0.2) is 16.8 Å². The van der Waals surface area contributed by atoms with Crippen LogP contribution in [-0.2, 0) is 52.9 Å². The fraction of sp³-hybridized carbons (Fsp3) is 0.438. The standard InChI is InChI=1S/C16H21N8O14P3S/c1-23-3-2-7(22-23)19-12(25)15-35-9-6(4-33-40(29,30)38-41(31,32)37-39(26,27)28)34-14(10(9)36-15)24-5-18-8-11(24)20-16(17)21-13(8)42/h2-3,5-6,9-10,14-15H,4H2,1H3,(H8,17,19,20,21,22,25,26,27,28,29,30,31,32,42)/p-2. The van der Waals surface area contributed by atoms with Crippen LogP contribution in [0.25, 0.3) is 11.2 Å². The van der Waals surface area contributed by atoms with Gasteiger partial charge in [0.1, 0.15) is 18.3 Å². The summed E-state index contributed by atoms with van der Waals surface area (Å²) in [5, 5.41) is 6.51. The Balaban J connectivity index is 1.38. The van der Waals surface area contributed by atoms with E-state index in [0.29, 0.717) is 5.52 Å². The largest absolute Gasteiger partial charge is 0.756 e. The van der Waals surface area contributed by atoms with Gasteiger partial charge in [0.2, 0.25) is 18.0 Å². The van der Waals surface area contributed by atoms with Gasteiger partial charge in [-0.05, 0) is 0 Å². The molecule has 2 saturated heterocycles. The van der Waals surface area contributed by atoms with Crippen molar-refractivity contribution >= 4 is 64.5 Å². The van der Waals surface area contributed by atoms with Crippen LogP contribution in [0.15, 0.2) is 18.6 Å². The Morgan fingerprint density at radius 1 is 1.24 bits per heavy atom. The SMILES string of the molecule is Cn1ccc(NC(=O)C2OC3C(COP(=O)([O-])OP(=O)([O-])OP(=O)([O-])O)OC([n+]4c[nH]c5c(=S)nc(N)[nH]c54)C3O2)n1. The van der Waals surface area contributed by atoms with Crippen LogP contribution in [-0.4, -0.2) is 66.7 Å². The first kappa shape index (κ1) is 31.0. The normalized spacial score (nSPS) is 28.2. The predicted molar refractivity (Wildman–Crippen MR) is 128 cm³/mol. The van der Waals surface area contributed by atoms with E-state index in [0.717, 1.165) is 0 Å². The Labute approximate surface area is 238 Å². The summed E-state index contributed by atoms with van der Waals surface area (Å²) >= 11 is 5.20. The molecule has 3 aromatic heterocycles. The highest BCUT2D eigenvalue weighted by molar-refractivity contribution is 7.71. The fourth-order valence-corrected chi connectivity index (χ4v) is 7.29. The minimum atomic E-state index is -6.14. The van der Waals surface area contributed by atoms with Gasteiger partial charge >= 0.3 is 0 Å². The Hall–Kier alpha value is -2.46. The number of carbonyl (C=O) groups is 1. The lowest BCUT2D eigenvalue weighted by atomic mass is 10.1. The molecular weight excluding hydrogens is 653 g/mol. The first-order valence-corrected chi connectivity index (χ1v) is 16.1. The number of nitrogens with one attached hydrogen (secondary N) is 3. The van der Waals surface area contributed by atoms with E-state index in [4.69, 9.17) is 37.1 Å². The number of phosphoric acid groups is 3. The lowest BCUT2D eigenvalue weighted by Crippen LogP contribution is -2.46. The van der Waals surface area contributed by atoms with Crippen LogP contribution in [0.4, 0.5) is 11.8 Å². The highest BCUT2D eigenvalue weighted by Gasteiger charge is 2.57. The van der Waals surface area contributed by atoms with Crippen molar-refractivity contribution in [2.75, 3.05) is 17.7 Å². The number of phosphoric ester groups is 1. The van der Waals surface area contributed by atoms with Crippen LogP contribution in [0.5, 0.6) is 0 Å². The van der Waals surface area contributed by atoms with Crippen molar-refractivity contribution in [1.29, 1.82) is 0 Å². The zero-order valence-corrected chi connectivity index (χ0v) is 24.2. The molecule has 0 bridgehead atoms. The zero-order valence-electron chi connectivity index (χ0n) is 20.7. The molecule has 5 rings (SSSR count). The van der Waals surface area contributed by atoms with Gasteiger partial charge in [0, 0.05) is 19.3 Å². The molecule has 0 radical (unpaired) electrons. The molecule has 3 aromatic rings. The Morgan fingerprint density at radius 2 is 1.95 bits per heavy atom. The number of nitrogens with two attached hydrogens (primary N) is 1. The first-order chi connectivity index (χ1) is 19.5. The zero-order chi connectivity index (χ0) is 30.6. The maximum absolute atomic E-state index is 12.8. The fourth-order valence-electron chi connectivity index (χ4n) is 4.14. The summed E-state index contributed by atoms with van der Waals surface area (Å²) in [6.45, 7) is -0.979. The number of carbonyl (C=O) groups excluding carboxylic acids is 1. The van der Waals surface area contributed by atoms with Crippen LogP contribution in [0, 0.1) is 4.64 Å². The number of aromatic amines is 2. The average Bonchev–Trinajstić information content (AvgIpc) is 3.59. The second kappa shape index (κ2) is 11.2. The number of nitrogen functional groups attached to an aromatic ring is 1. The van der Waals surface area contributed by atoms with Crippen molar-refractivity contribution < 1.29 is 70.0 Å². The Kier molecular flexibility index (Phi) is 8.28. The highest BCUT2D eigenvalue weighted by Crippen LogP contribution is 2.61. The molecule has 6 N–H and O–H groups in total. The molecule has 2 aliphatic heterocycles. The molecule has 42 heavy (non-hydrogen) atoms. The number of aryl methyl sites for hydroxylation is 1. The molecule has 0 aromatic carbocycles. The summed E-state index contributed by atoms with van der Waals surface area (Å²) in [5.41, 5.74) is 6.39. The third kappa shape index (κ3) is 6.85. The van der Waals surface area contributed by atoms with Crippen LogP contribution in [0.3, 0.4) is 0 Å². The summed E-state index contributed by atoms with van der Waals surface area (Å²) in [5.74, 6) is -0.641. The summed E-state index contributed by atoms with van der Waals surface area (Å²) in [6.07, 6.45) is -3.41. The summed E-state index contributed by atoms with van der Waals surface area (Å²) in [7, 11) is -16.3.